The first-order valence-electron chi connectivity index (χ1n) is 7.39. The summed E-state index contributed by atoms with van der Waals surface area (Å²) in [5, 5.41) is 3.60. The van der Waals surface area contributed by atoms with Gasteiger partial charge in [0.05, 0.1) is 0 Å². The van der Waals surface area contributed by atoms with Crippen LogP contribution in [0.5, 0.6) is 0 Å². The summed E-state index contributed by atoms with van der Waals surface area (Å²) in [4.78, 5) is 9.24. The molecule has 0 spiro atoms. The molecule has 0 aliphatic heterocycles. The molecule has 2 fully saturated rings. The van der Waals surface area contributed by atoms with Gasteiger partial charge in [0.15, 0.2) is 0 Å². The Morgan fingerprint density at radius 2 is 1.68 bits per heavy atom. The molecule has 0 amide bonds. The highest BCUT2D eigenvalue weighted by Crippen LogP contribution is 2.39. The summed E-state index contributed by atoms with van der Waals surface area (Å²) in [6, 6.07) is 0.556. The van der Waals surface area contributed by atoms with Gasteiger partial charge in [-0.15, -0.1) is 0 Å². The van der Waals surface area contributed by atoms with Crippen LogP contribution in [0, 0.1) is 6.92 Å². The van der Waals surface area contributed by atoms with Gasteiger partial charge in [-0.1, -0.05) is 19.3 Å². The molecule has 4 N–H and O–H groups in total. The van der Waals surface area contributed by atoms with Gasteiger partial charge in [0.1, 0.15) is 17.5 Å². The third kappa shape index (κ3) is 2.81. The molecule has 2 aliphatic carbocycles. The van der Waals surface area contributed by atoms with E-state index in [4.69, 9.17) is 10.8 Å². The van der Waals surface area contributed by atoms with Crippen molar-refractivity contribution in [3.05, 3.63) is 11.4 Å². The smallest absolute Gasteiger partial charge is 0.148 e. The van der Waals surface area contributed by atoms with Crippen LogP contribution in [0.2, 0.25) is 0 Å². The number of hydrazine groups is 1. The Balaban J connectivity index is 1.83. The fourth-order valence-electron chi connectivity index (χ4n) is 2.78. The molecule has 5 heteroatoms. The van der Waals surface area contributed by atoms with Crippen LogP contribution in [0.25, 0.3) is 0 Å². The molecule has 5 nitrogen and oxygen atoms in total. The van der Waals surface area contributed by atoms with Crippen molar-refractivity contribution in [3.63, 3.8) is 0 Å². The van der Waals surface area contributed by atoms with Crippen LogP contribution < -0.4 is 16.6 Å². The number of hydrogen-bond acceptors (Lipinski definition) is 5. The van der Waals surface area contributed by atoms with Crippen LogP contribution in [0.3, 0.4) is 0 Å². The monoisotopic (exact) mass is 261 g/mol. The molecule has 2 aliphatic rings. The first kappa shape index (κ1) is 12.7. The van der Waals surface area contributed by atoms with Crippen molar-refractivity contribution in [1.82, 2.24) is 9.97 Å². The van der Waals surface area contributed by atoms with Crippen molar-refractivity contribution in [3.8, 4) is 0 Å². The predicted molar refractivity (Wildman–Crippen MR) is 77.0 cm³/mol. The summed E-state index contributed by atoms with van der Waals surface area (Å²) in [5.74, 6) is 8.79. The maximum atomic E-state index is 5.57. The molecule has 3 rings (SSSR count). The molecule has 19 heavy (non-hydrogen) atoms. The number of aromatic nitrogens is 2. The van der Waals surface area contributed by atoms with Crippen molar-refractivity contribution < 1.29 is 0 Å². The van der Waals surface area contributed by atoms with E-state index in [1.807, 2.05) is 6.92 Å². The van der Waals surface area contributed by atoms with Gasteiger partial charge in [-0.3, -0.25) is 0 Å². The van der Waals surface area contributed by atoms with Crippen molar-refractivity contribution in [2.24, 2.45) is 5.84 Å². The van der Waals surface area contributed by atoms with E-state index >= 15 is 0 Å². The normalized spacial score (nSPS) is 20.3. The summed E-state index contributed by atoms with van der Waals surface area (Å²) in [6.45, 7) is 2.02. The summed E-state index contributed by atoms with van der Waals surface area (Å²) >= 11 is 0. The lowest BCUT2D eigenvalue weighted by Crippen LogP contribution is -2.24. The number of anilines is 2. The molecule has 1 aromatic heterocycles. The van der Waals surface area contributed by atoms with Gasteiger partial charge in [-0.25, -0.2) is 15.8 Å². The Morgan fingerprint density at radius 1 is 1.00 bits per heavy atom. The average Bonchev–Trinajstić information content (AvgIpc) is 3.27. The van der Waals surface area contributed by atoms with E-state index in [-0.39, 0.29) is 0 Å². The number of nitrogens with zero attached hydrogens (tertiary/aromatic N) is 2. The van der Waals surface area contributed by atoms with E-state index in [1.165, 1.54) is 44.9 Å². The van der Waals surface area contributed by atoms with E-state index < -0.39 is 0 Å². The van der Waals surface area contributed by atoms with E-state index in [2.05, 4.69) is 15.7 Å². The fraction of sp³-hybridized carbons (Fsp3) is 0.714. The zero-order valence-electron chi connectivity index (χ0n) is 11.6. The Bertz CT molecular complexity index is 449. The van der Waals surface area contributed by atoms with Crippen LogP contribution in [0.1, 0.15) is 62.3 Å². The van der Waals surface area contributed by atoms with E-state index in [1.54, 1.807) is 0 Å². The van der Waals surface area contributed by atoms with Gasteiger partial charge >= 0.3 is 0 Å². The summed E-state index contributed by atoms with van der Waals surface area (Å²) < 4.78 is 0. The average molecular weight is 261 g/mol. The molecule has 1 heterocycles. The molecule has 0 saturated heterocycles. The molecule has 0 radical (unpaired) electrons. The SMILES string of the molecule is Cc1c(NN)nc(C2CC2)nc1NC1CCCCC1. The third-order valence-electron chi connectivity index (χ3n) is 4.19. The van der Waals surface area contributed by atoms with Gasteiger partial charge in [0, 0.05) is 17.5 Å². The molecule has 0 bridgehead atoms. The minimum atomic E-state index is 0.541. The quantitative estimate of drug-likeness (QED) is 0.574. The van der Waals surface area contributed by atoms with Gasteiger partial charge < -0.3 is 10.7 Å². The summed E-state index contributed by atoms with van der Waals surface area (Å²) in [6.07, 6.45) is 8.90. The van der Waals surface area contributed by atoms with Gasteiger partial charge in [0.25, 0.3) is 0 Å². The lowest BCUT2D eigenvalue weighted by molar-refractivity contribution is 0.461. The first-order valence-corrected chi connectivity index (χ1v) is 7.39. The Hall–Kier alpha value is -1.36. The number of nitrogen functional groups attached to an aromatic ring is 1. The number of hydrogen-bond donors (Lipinski definition) is 3. The second-order valence-electron chi connectivity index (χ2n) is 5.80. The van der Waals surface area contributed by atoms with Gasteiger partial charge in [-0.2, -0.15) is 0 Å². The predicted octanol–water partition coefficient (Wildman–Crippen LogP) is 2.69. The van der Waals surface area contributed by atoms with Crippen molar-refractivity contribution in [1.29, 1.82) is 0 Å². The van der Waals surface area contributed by atoms with Crippen LogP contribution in [0.15, 0.2) is 0 Å². The number of nitrogens with two attached hydrogens (primary N) is 1. The van der Waals surface area contributed by atoms with Gasteiger partial charge in [0.2, 0.25) is 0 Å². The molecule has 2 saturated carbocycles. The standard InChI is InChI=1S/C14H23N5/c1-9-12(16-11-5-3-2-4-6-11)17-14(10-7-8-10)18-13(9)19-15/h10-11H,2-8,15H2,1H3,(H2,16,17,18,19). The second-order valence-corrected chi connectivity index (χ2v) is 5.80. The zero-order valence-corrected chi connectivity index (χ0v) is 11.6. The van der Waals surface area contributed by atoms with Gasteiger partial charge in [-0.05, 0) is 32.6 Å². The Labute approximate surface area is 114 Å². The third-order valence-corrected chi connectivity index (χ3v) is 4.19. The summed E-state index contributed by atoms with van der Waals surface area (Å²) in [7, 11) is 0. The fourth-order valence-corrected chi connectivity index (χ4v) is 2.78. The number of nitrogens with one attached hydrogen (secondary N) is 2. The van der Waals surface area contributed by atoms with E-state index in [0.717, 1.165) is 23.0 Å². The van der Waals surface area contributed by atoms with E-state index in [0.29, 0.717) is 12.0 Å². The Morgan fingerprint density at radius 3 is 2.32 bits per heavy atom. The van der Waals surface area contributed by atoms with Crippen LogP contribution in [0.4, 0.5) is 11.6 Å². The molecular formula is C14H23N5. The van der Waals surface area contributed by atoms with Crippen LogP contribution in [-0.4, -0.2) is 16.0 Å². The summed E-state index contributed by atoms with van der Waals surface area (Å²) in [5.41, 5.74) is 3.73. The van der Waals surface area contributed by atoms with Crippen molar-refractivity contribution >= 4 is 11.6 Å². The topological polar surface area (TPSA) is 75.9 Å². The Kier molecular flexibility index (Phi) is 3.55. The first-order chi connectivity index (χ1) is 9.28. The largest absolute Gasteiger partial charge is 0.367 e. The zero-order chi connectivity index (χ0) is 13.2. The lowest BCUT2D eigenvalue weighted by atomic mass is 9.95. The molecule has 0 unspecified atom stereocenters. The maximum absolute atomic E-state index is 5.57. The van der Waals surface area contributed by atoms with E-state index in [9.17, 15) is 0 Å². The minimum absolute atomic E-state index is 0.541. The lowest BCUT2D eigenvalue weighted by Gasteiger charge is -2.24. The molecule has 104 valence electrons. The van der Waals surface area contributed by atoms with Crippen LogP contribution in [-0.2, 0) is 0 Å². The highest BCUT2D eigenvalue weighted by atomic mass is 15.3. The number of rotatable bonds is 4. The minimum Gasteiger partial charge on any atom is -0.367 e. The molecule has 0 atom stereocenters. The highest BCUT2D eigenvalue weighted by molar-refractivity contribution is 5.57. The molecule has 1 aromatic rings. The molecule has 0 aromatic carbocycles. The van der Waals surface area contributed by atoms with Crippen molar-refractivity contribution in [2.75, 3.05) is 10.7 Å². The van der Waals surface area contributed by atoms with Crippen LogP contribution >= 0.6 is 0 Å². The maximum Gasteiger partial charge on any atom is 0.148 e. The second kappa shape index (κ2) is 5.33. The molecular weight excluding hydrogens is 238 g/mol. The highest BCUT2D eigenvalue weighted by Gasteiger charge is 2.28. The van der Waals surface area contributed by atoms with Crippen molar-refractivity contribution in [2.45, 2.75) is 63.8 Å².